The average Bonchev–Trinajstić information content (AvgIpc) is 3.27. The van der Waals surface area contributed by atoms with Gasteiger partial charge in [0.25, 0.3) is 0 Å². The third-order valence-electron chi connectivity index (χ3n) is 10.1. The predicted molar refractivity (Wildman–Crippen MR) is 205 cm³/mol. The number of aryl methyl sites for hydroxylation is 1. The Morgan fingerprint density at radius 2 is 0.915 bits per heavy atom. The number of hydrogen-bond acceptors (Lipinski definition) is 3. The van der Waals surface area contributed by atoms with Crippen LogP contribution >= 0.6 is 0 Å². The molecule has 0 N–H and O–H groups in total. The van der Waals surface area contributed by atoms with Crippen molar-refractivity contribution in [3.05, 3.63) is 172 Å². The molecule has 0 fully saturated rings. The standard InChI is InChI=1S/C45H22BF21IO3/c1-5-17-7-13-22(69-46(70-41-36(55)30(49)26(44(62,63)64)31(50)37(41)56)71-42-38(57)32(51)27(45(65,66)67)33(52)39(42)58)20(14-17)23-16(4)6-12-21(24(23)19-10-8-18(9-11-19)15(2)3)68-40-34(53)28(47)25(43(59,60)61)29(48)35(40)54/h5-15H,1H2,2-4H3/q-1. The Hall–Kier alpha value is -6.22. The van der Waals surface area contributed by atoms with E-state index in [4.69, 9.17) is 4.65 Å². The van der Waals surface area contributed by atoms with Gasteiger partial charge >= 0.3 is 371 Å². The van der Waals surface area contributed by atoms with Gasteiger partial charge in [0.2, 0.25) is 0 Å². The molecule has 6 rings (SSSR count). The third kappa shape index (κ3) is 10.3. The fourth-order valence-corrected chi connectivity index (χ4v) is 9.47. The van der Waals surface area contributed by atoms with E-state index in [1.165, 1.54) is 31.2 Å². The zero-order chi connectivity index (χ0) is 53.1. The second-order valence-electron chi connectivity index (χ2n) is 14.9. The summed E-state index contributed by atoms with van der Waals surface area (Å²) in [7, 11) is -3.60. The van der Waals surface area contributed by atoms with E-state index in [9.17, 15) is 65.9 Å². The molecule has 6 aromatic carbocycles. The summed E-state index contributed by atoms with van der Waals surface area (Å²) in [5.41, 5.74) is -9.47. The second kappa shape index (κ2) is 19.8. The molecule has 71 heavy (non-hydrogen) atoms. The number of benzene rings is 6. The van der Waals surface area contributed by atoms with Gasteiger partial charge in [-0.2, -0.15) is 26.3 Å². The van der Waals surface area contributed by atoms with Gasteiger partial charge in [0.1, 0.15) is 0 Å². The minimum atomic E-state index is -6.17. The fourth-order valence-electron chi connectivity index (χ4n) is 6.73. The SMILES string of the molecule is C=Cc1ccc(OB(Oc2c(F)c(F)c(C(F)(F)F)c(F)c2F)Oc2c(F)c(F)c(C(F)(F)F)c(F)c2F)c(-c2c(C)ccc([I-]c3c(F)c(F)c(C(F)(F)F)c(F)c3F)c2-c2ccc(C(C)C)cc2)c1. The van der Waals surface area contributed by atoms with Crippen LogP contribution in [0.5, 0.6) is 17.2 Å². The summed E-state index contributed by atoms with van der Waals surface area (Å²) in [5.74, 6) is -42.0. The van der Waals surface area contributed by atoms with Crippen LogP contribution in [0.2, 0.25) is 0 Å². The second-order valence-corrected chi connectivity index (χ2v) is 17.7. The topological polar surface area (TPSA) is 27.7 Å². The molecule has 0 radical (unpaired) electrons. The molecule has 0 aliphatic carbocycles. The molecule has 0 aliphatic heterocycles. The zero-order valence-electron chi connectivity index (χ0n) is 35.2. The van der Waals surface area contributed by atoms with Gasteiger partial charge in [-0.05, 0) is 0 Å². The van der Waals surface area contributed by atoms with Crippen LogP contribution in [-0.4, -0.2) is 7.32 Å². The Labute approximate surface area is 395 Å². The maximum atomic E-state index is 15.5. The molecule has 0 aliphatic rings. The number of halogens is 22. The number of hydrogen-bond donors (Lipinski definition) is 0. The molecule has 0 saturated heterocycles. The molecule has 378 valence electrons. The van der Waals surface area contributed by atoms with Crippen molar-refractivity contribution in [1.29, 1.82) is 0 Å². The van der Waals surface area contributed by atoms with E-state index >= 15 is 26.3 Å². The van der Waals surface area contributed by atoms with Gasteiger partial charge in [-0.25, -0.2) is 0 Å². The fraction of sp³-hybridized carbons (Fsp3) is 0.156. The summed E-state index contributed by atoms with van der Waals surface area (Å²) in [6.45, 7) is 8.37. The van der Waals surface area contributed by atoms with Crippen LogP contribution < -0.4 is 35.2 Å². The summed E-state index contributed by atoms with van der Waals surface area (Å²) in [4.78, 5) is 0. The summed E-state index contributed by atoms with van der Waals surface area (Å²) < 4.78 is 316. The van der Waals surface area contributed by atoms with Crippen molar-refractivity contribution in [3.63, 3.8) is 0 Å². The van der Waals surface area contributed by atoms with E-state index in [1.54, 1.807) is 13.8 Å². The van der Waals surface area contributed by atoms with Crippen molar-refractivity contribution in [3.8, 4) is 39.5 Å². The monoisotopic (exact) mass is 1150 g/mol. The van der Waals surface area contributed by atoms with Crippen LogP contribution in [0.1, 0.15) is 53.1 Å². The first-order valence-electron chi connectivity index (χ1n) is 19.3. The van der Waals surface area contributed by atoms with Crippen molar-refractivity contribution in [2.45, 2.75) is 45.2 Å². The van der Waals surface area contributed by atoms with Crippen LogP contribution in [0.4, 0.5) is 92.2 Å². The average molecular weight is 1150 g/mol. The predicted octanol–water partition coefficient (Wildman–Crippen LogP) is 12.5. The van der Waals surface area contributed by atoms with Gasteiger partial charge in [-0.1, -0.05) is 0 Å². The maximum absolute atomic E-state index is 15.5. The summed E-state index contributed by atoms with van der Waals surface area (Å²) in [6.07, 6.45) is -17.2. The molecule has 0 amide bonds. The van der Waals surface area contributed by atoms with E-state index in [-0.39, 0.29) is 37.3 Å². The Morgan fingerprint density at radius 1 is 0.507 bits per heavy atom. The van der Waals surface area contributed by atoms with E-state index in [1.807, 2.05) is 0 Å². The molecule has 3 nitrogen and oxygen atoms in total. The molecule has 0 aromatic heterocycles. The zero-order valence-corrected chi connectivity index (χ0v) is 37.3. The van der Waals surface area contributed by atoms with Crippen LogP contribution in [0.3, 0.4) is 0 Å². The van der Waals surface area contributed by atoms with Crippen LogP contribution in [0.25, 0.3) is 28.3 Å². The molecule has 0 atom stereocenters. The van der Waals surface area contributed by atoms with Gasteiger partial charge < -0.3 is 0 Å². The quantitative estimate of drug-likeness (QED) is 0.0402. The molecule has 6 aromatic rings. The molecule has 0 saturated carbocycles. The van der Waals surface area contributed by atoms with Gasteiger partial charge in [0.05, 0.1) is 0 Å². The molecule has 0 unspecified atom stereocenters. The third-order valence-corrected chi connectivity index (χ3v) is 13.1. The molecule has 0 heterocycles. The Bertz CT molecular complexity index is 2920. The summed E-state index contributed by atoms with van der Waals surface area (Å²) in [6, 6.07) is 11.0. The summed E-state index contributed by atoms with van der Waals surface area (Å²) in [5, 5.41) is 0. The van der Waals surface area contributed by atoms with Crippen molar-refractivity contribution in [1.82, 2.24) is 0 Å². The van der Waals surface area contributed by atoms with E-state index in [0.717, 1.165) is 36.4 Å². The molecule has 26 heteroatoms. The first-order valence-corrected chi connectivity index (χ1v) is 21.4. The van der Waals surface area contributed by atoms with E-state index in [2.05, 4.69) is 15.9 Å². The molecular formula is C45H22BF21IO3-. The van der Waals surface area contributed by atoms with Gasteiger partial charge in [-0.3, -0.25) is 0 Å². The number of alkyl halides is 9. The van der Waals surface area contributed by atoms with Gasteiger partial charge in [-0.15, -0.1) is 0 Å². The Balaban J connectivity index is 1.65. The van der Waals surface area contributed by atoms with Crippen LogP contribution in [0, 0.1) is 83.9 Å². The van der Waals surface area contributed by atoms with E-state index < -0.39 is 160 Å². The molecular weight excluding hydrogens is 1130 g/mol. The van der Waals surface area contributed by atoms with Gasteiger partial charge in [0, 0.05) is 0 Å². The van der Waals surface area contributed by atoms with Crippen molar-refractivity contribution in [2.75, 3.05) is 0 Å². The molecule has 0 bridgehead atoms. The van der Waals surface area contributed by atoms with Gasteiger partial charge in [0.15, 0.2) is 0 Å². The summed E-state index contributed by atoms with van der Waals surface area (Å²) >= 11 is -2.72. The first kappa shape index (κ1) is 54.1. The molecule has 0 spiro atoms. The minimum absolute atomic E-state index is 0.0308. The number of rotatable bonds is 12. The van der Waals surface area contributed by atoms with Crippen LogP contribution in [0.15, 0.2) is 61.2 Å². The van der Waals surface area contributed by atoms with Crippen molar-refractivity contribution < 1.29 is 127 Å². The van der Waals surface area contributed by atoms with Crippen molar-refractivity contribution in [2.24, 2.45) is 0 Å². The van der Waals surface area contributed by atoms with Crippen LogP contribution in [-0.2, 0) is 18.5 Å². The van der Waals surface area contributed by atoms with Crippen molar-refractivity contribution >= 4 is 13.4 Å². The Morgan fingerprint density at radius 3 is 1.30 bits per heavy atom. The Kier molecular flexibility index (Phi) is 15.1. The van der Waals surface area contributed by atoms with E-state index in [0.29, 0.717) is 5.56 Å². The normalized spacial score (nSPS) is 12.2. The first-order chi connectivity index (χ1) is 32.8.